The molecule has 0 bridgehead atoms. The molecule has 1 aromatic heterocycles. The van der Waals surface area contributed by atoms with Gasteiger partial charge >= 0.3 is 6.18 Å². The van der Waals surface area contributed by atoms with Gasteiger partial charge in [-0.2, -0.15) is 13.2 Å². The molecule has 0 radical (unpaired) electrons. The predicted octanol–water partition coefficient (Wildman–Crippen LogP) is 4.60. The van der Waals surface area contributed by atoms with Crippen molar-refractivity contribution in [3.8, 4) is 0 Å². The van der Waals surface area contributed by atoms with E-state index in [1.807, 2.05) is 5.32 Å². The standard InChI is InChI=1S/C18H17Cl2F3N4O2/c19-10-7-12-13(8-11(10)20)27-16(24-12)25-15(29)17(27,18(21,22)23)26-14(28)6-5-9-3-1-2-4-9/h7-9H,1-6H2,(H,26,28)(H,24,25,29). The smallest absolute Gasteiger partial charge is 0.317 e. The molecule has 4 rings (SSSR count). The van der Waals surface area contributed by atoms with E-state index in [1.165, 1.54) is 12.1 Å². The maximum absolute atomic E-state index is 14.2. The Labute approximate surface area is 173 Å². The van der Waals surface area contributed by atoms with Crippen molar-refractivity contribution in [2.45, 2.75) is 50.4 Å². The molecule has 2 N–H and O–H groups in total. The molecule has 29 heavy (non-hydrogen) atoms. The lowest BCUT2D eigenvalue weighted by molar-refractivity contribution is -0.217. The Hall–Kier alpha value is -2.00. The molecule has 1 fully saturated rings. The average molecular weight is 449 g/mol. The van der Waals surface area contributed by atoms with Gasteiger partial charge in [-0.1, -0.05) is 48.9 Å². The van der Waals surface area contributed by atoms with Crippen LogP contribution in [-0.2, 0) is 15.3 Å². The fourth-order valence-corrected chi connectivity index (χ4v) is 4.44. The normalized spacial score (nSPS) is 22.2. The monoisotopic (exact) mass is 448 g/mol. The van der Waals surface area contributed by atoms with Crippen LogP contribution in [0, 0.1) is 5.92 Å². The maximum Gasteiger partial charge on any atom is 0.440 e. The van der Waals surface area contributed by atoms with E-state index < -0.39 is 23.7 Å². The number of aromatic nitrogens is 2. The van der Waals surface area contributed by atoms with E-state index in [4.69, 9.17) is 23.2 Å². The summed E-state index contributed by atoms with van der Waals surface area (Å²) in [5.41, 5.74) is -3.26. The van der Waals surface area contributed by atoms with E-state index in [2.05, 4.69) is 10.3 Å². The highest BCUT2D eigenvalue weighted by Crippen LogP contribution is 2.45. The van der Waals surface area contributed by atoms with Crippen LogP contribution in [0.25, 0.3) is 11.0 Å². The average Bonchev–Trinajstić information content (AvgIpc) is 3.31. The van der Waals surface area contributed by atoms with Gasteiger partial charge in [-0.3, -0.25) is 19.5 Å². The number of benzene rings is 1. The van der Waals surface area contributed by atoms with Gasteiger partial charge in [0, 0.05) is 6.42 Å². The van der Waals surface area contributed by atoms with Crippen LogP contribution in [-0.4, -0.2) is 27.5 Å². The number of amides is 2. The number of carbonyl (C=O) groups is 2. The highest BCUT2D eigenvalue weighted by Gasteiger charge is 2.67. The second-order valence-corrected chi connectivity index (χ2v) is 8.24. The Kier molecular flexibility index (Phi) is 4.93. The molecule has 1 aliphatic heterocycles. The number of anilines is 1. The van der Waals surface area contributed by atoms with Crippen molar-refractivity contribution in [1.29, 1.82) is 0 Å². The van der Waals surface area contributed by atoms with Crippen LogP contribution < -0.4 is 10.6 Å². The number of nitrogens with zero attached hydrogens (tertiary/aromatic N) is 2. The third-order valence-corrected chi connectivity index (χ3v) is 6.29. The molecule has 1 aromatic carbocycles. The number of carbonyl (C=O) groups excluding carboxylic acids is 2. The number of fused-ring (bicyclic) bond motifs is 3. The van der Waals surface area contributed by atoms with Crippen molar-refractivity contribution >= 4 is 52.0 Å². The molecule has 0 saturated heterocycles. The minimum Gasteiger partial charge on any atom is -0.317 e. The van der Waals surface area contributed by atoms with Crippen molar-refractivity contribution in [2.24, 2.45) is 5.92 Å². The lowest BCUT2D eigenvalue weighted by Crippen LogP contribution is -2.63. The first-order valence-corrected chi connectivity index (χ1v) is 9.96. The van der Waals surface area contributed by atoms with Crippen LogP contribution in [0.3, 0.4) is 0 Å². The summed E-state index contributed by atoms with van der Waals surface area (Å²) in [6.07, 6.45) is -0.666. The zero-order chi connectivity index (χ0) is 21.0. The molecule has 1 atom stereocenters. The number of alkyl halides is 3. The highest BCUT2D eigenvalue weighted by atomic mass is 35.5. The Morgan fingerprint density at radius 1 is 1.28 bits per heavy atom. The van der Waals surface area contributed by atoms with Crippen LogP contribution in [0.2, 0.25) is 10.0 Å². The second-order valence-electron chi connectivity index (χ2n) is 7.43. The summed E-state index contributed by atoms with van der Waals surface area (Å²) in [7, 11) is 0. The number of hydrogen-bond acceptors (Lipinski definition) is 3. The van der Waals surface area contributed by atoms with Crippen molar-refractivity contribution in [3.05, 3.63) is 22.2 Å². The van der Waals surface area contributed by atoms with Crippen LogP contribution in [0.5, 0.6) is 0 Å². The summed E-state index contributed by atoms with van der Waals surface area (Å²) >= 11 is 11.9. The number of hydrogen-bond donors (Lipinski definition) is 2. The van der Waals surface area contributed by atoms with E-state index in [9.17, 15) is 22.8 Å². The molecule has 1 aliphatic carbocycles. The number of halogens is 5. The molecular formula is C18H17Cl2F3N4O2. The molecule has 1 saturated carbocycles. The Morgan fingerprint density at radius 2 is 1.93 bits per heavy atom. The van der Waals surface area contributed by atoms with Crippen LogP contribution in [0.4, 0.5) is 19.1 Å². The molecule has 6 nitrogen and oxygen atoms in total. The van der Waals surface area contributed by atoms with Gasteiger partial charge in [0.2, 0.25) is 11.9 Å². The van der Waals surface area contributed by atoms with Crippen molar-refractivity contribution in [1.82, 2.24) is 14.9 Å². The zero-order valence-corrected chi connectivity index (χ0v) is 16.6. The molecule has 2 heterocycles. The molecule has 2 amide bonds. The third kappa shape index (κ3) is 3.24. The quantitative estimate of drug-likeness (QED) is 0.717. The summed E-state index contributed by atoms with van der Waals surface area (Å²) < 4.78 is 43.4. The topological polar surface area (TPSA) is 76.0 Å². The molecule has 156 valence electrons. The van der Waals surface area contributed by atoms with Crippen molar-refractivity contribution < 1.29 is 22.8 Å². The first kappa shape index (κ1) is 20.3. The van der Waals surface area contributed by atoms with Gasteiger partial charge in [0.1, 0.15) is 0 Å². The van der Waals surface area contributed by atoms with Gasteiger partial charge in [-0.15, -0.1) is 0 Å². The van der Waals surface area contributed by atoms with E-state index in [0.717, 1.165) is 25.7 Å². The van der Waals surface area contributed by atoms with Crippen molar-refractivity contribution in [2.75, 3.05) is 5.32 Å². The van der Waals surface area contributed by atoms with E-state index in [1.54, 1.807) is 0 Å². The first-order chi connectivity index (χ1) is 13.6. The highest BCUT2D eigenvalue weighted by molar-refractivity contribution is 6.42. The largest absolute Gasteiger partial charge is 0.440 e. The summed E-state index contributed by atoms with van der Waals surface area (Å²) in [5.74, 6) is -2.28. The number of nitrogens with one attached hydrogen (secondary N) is 2. The van der Waals surface area contributed by atoms with E-state index in [-0.39, 0.29) is 33.4 Å². The molecular weight excluding hydrogens is 432 g/mol. The van der Waals surface area contributed by atoms with E-state index in [0.29, 0.717) is 16.9 Å². The van der Waals surface area contributed by atoms with Gasteiger partial charge in [0.05, 0.1) is 21.1 Å². The fraction of sp³-hybridized carbons (Fsp3) is 0.500. The fourth-order valence-electron chi connectivity index (χ4n) is 4.13. The number of rotatable bonds is 4. The van der Waals surface area contributed by atoms with Gasteiger partial charge in [0.15, 0.2) is 0 Å². The molecule has 1 unspecified atom stereocenters. The molecule has 2 aliphatic rings. The van der Waals surface area contributed by atoms with E-state index >= 15 is 0 Å². The lowest BCUT2D eigenvalue weighted by atomic mass is 10.0. The summed E-state index contributed by atoms with van der Waals surface area (Å²) in [4.78, 5) is 29.0. The maximum atomic E-state index is 14.2. The third-order valence-electron chi connectivity index (χ3n) is 5.57. The minimum atomic E-state index is -5.12. The summed E-state index contributed by atoms with van der Waals surface area (Å²) in [6, 6.07) is 2.50. The SMILES string of the molecule is O=C(CCC1CCCC1)NC1(C(F)(F)F)C(=O)Nc2nc3cc(Cl)c(Cl)cc3n21. The molecule has 0 spiro atoms. The van der Waals surface area contributed by atoms with Gasteiger partial charge < -0.3 is 5.32 Å². The zero-order valence-electron chi connectivity index (χ0n) is 15.1. The Balaban J connectivity index is 1.74. The van der Waals surface area contributed by atoms with Gasteiger partial charge in [0.25, 0.3) is 11.6 Å². The summed E-state index contributed by atoms with van der Waals surface area (Å²) in [6.45, 7) is 0. The predicted molar refractivity (Wildman–Crippen MR) is 102 cm³/mol. The molecule has 11 heteroatoms. The van der Waals surface area contributed by atoms with Gasteiger partial charge in [-0.25, -0.2) is 4.98 Å². The lowest BCUT2D eigenvalue weighted by Gasteiger charge is -2.32. The Bertz CT molecular complexity index is 1000. The summed E-state index contributed by atoms with van der Waals surface area (Å²) in [5, 5.41) is 4.18. The molecule has 2 aromatic rings. The Morgan fingerprint density at radius 3 is 2.59 bits per heavy atom. The van der Waals surface area contributed by atoms with Crippen molar-refractivity contribution in [3.63, 3.8) is 0 Å². The van der Waals surface area contributed by atoms with Gasteiger partial charge in [-0.05, 0) is 24.5 Å². The number of imidazole rings is 1. The van der Waals surface area contributed by atoms with Crippen LogP contribution in [0.15, 0.2) is 12.1 Å². The first-order valence-electron chi connectivity index (χ1n) is 9.20. The van der Waals surface area contributed by atoms with Crippen LogP contribution >= 0.6 is 23.2 Å². The minimum absolute atomic E-state index is 0.00449. The second kappa shape index (κ2) is 7.05. The van der Waals surface area contributed by atoms with Crippen LogP contribution in [0.1, 0.15) is 38.5 Å².